The smallest absolute Gasteiger partial charge is 0.240 e. The Balaban J connectivity index is 1.62. The number of fused-ring (bicyclic) bond motifs is 1. The lowest BCUT2D eigenvalue weighted by atomic mass is 10.1. The van der Waals surface area contributed by atoms with Crippen LogP contribution in [-0.2, 0) is 23.0 Å². The van der Waals surface area contributed by atoms with Crippen molar-refractivity contribution in [3.8, 4) is 0 Å². The van der Waals surface area contributed by atoms with Gasteiger partial charge in [0.25, 0.3) is 0 Å². The number of hydrogen-bond donors (Lipinski definition) is 1. The summed E-state index contributed by atoms with van der Waals surface area (Å²) in [5.41, 5.74) is 0. The average molecular weight is 419 g/mol. The highest BCUT2D eigenvalue weighted by molar-refractivity contribution is 7.98. The Kier molecular flexibility index (Phi) is 6.74. The first kappa shape index (κ1) is 20.8. The molecule has 0 spiro atoms. The minimum Gasteiger partial charge on any atom is -0.306 e. The molecule has 0 aliphatic carbocycles. The van der Waals surface area contributed by atoms with Crippen molar-refractivity contribution >= 4 is 32.6 Å². The highest BCUT2D eigenvalue weighted by Crippen LogP contribution is 2.19. The van der Waals surface area contributed by atoms with Gasteiger partial charge in [-0.3, -0.25) is 0 Å². The van der Waals surface area contributed by atoms with Gasteiger partial charge in [0.15, 0.2) is 5.16 Å². The maximum Gasteiger partial charge on any atom is 0.240 e. The summed E-state index contributed by atoms with van der Waals surface area (Å²) in [7, 11) is -3.53. The molecule has 150 valence electrons. The van der Waals surface area contributed by atoms with Gasteiger partial charge in [0.1, 0.15) is 5.82 Å². The molecule has 0 saturated carbocycles. The van der Waals surface area contributed by atoms with Crippen LogP contribution >= 0.6 is 11.8 Å². The SMILES string of the molecule is CSc1nnc(CCCNS(=O)(=O)c2ccc3ccccc3c2)n1CC(C)C. The van der Waals surface area contributed by atoms with Gasteiger partial charge in [0, 0.05) is 19.5 Å². The van der Waals surface area contributed by atoms with E-state index >= 15 is 0 Å². The van der Waals surface area contributed by atoms with E-state index in [1.165, 1.54) is 0 Å². The third-order valence-corrected chi connectivity index (χ3v) is 6.55. The van der Waals surface area contributed by atoms with Gasteiger partial charge in [0.05, 0.1) is 4.90 Å². The Bertz CT molecular complexity index is 1050. The molecule has 28 heavy (non-hydrogen) atoms. The van der Waals surface area contributed by atoms with Gasteiger partial charge in [-0.1, -0.05) is 55.9 Å². The Labute approximate surface area is 170 Å². The van der Waals surface area contributed by atoms with Crippen LogP contribution in [-0.4, -0.2) is 36.0 Å². The summed E-state index contributed by atoms with van der Waals surface area (Å²) >= 11 is 1.58. The van der Waals surface area contributed by atoms with Gasteiger partial charge in [0.2, 0.25) is 10.0 Å². The van der Waals surface area contributed by atoms with Crippen molar-refractivity contribution in [3.63, 3.8) is 0 Å². The maximum atomic E-state index is 12.6. The normalized spacial score (nSPS) is 12.1. The zero-order valence-electron chi connectivity index (χ0n) is 16.4. The summed E-state index contributed by atoms with van der Waals surface area (Å²) in [4.78, 5) is 0.291. The topological polar surface area (TPSA) is 76.9 Å². The van der Waals surface area contributed by atoms with Crippen LogP contribution in [0.1, 0.15) is 26.1 Å². The Morgan fingerprint density at radius 1 is 1.11 bits per heavy atom. The van der Waals surface area contributed by atoms with E-state index in [4.69, 9.17) is 0 Å². The van der Waals surface area contributed by atoms with E-state index in [2.05, 4.69) is 33.3 Å². The monoisotopic (exact) mass is 418 g/mol. The van der Waals surface area contributed by atoms with Crippen molar-refractivity contribution in [2.45, 2.75) is 43.3 Å². The van der Waals surface area contributed by atoms with Gasteiger partial charge in [-0.2, -0.15) is 0 Å². The number of rotatable bonds is 9. The van der Waals surface area contributed by atoms with Crippen LogP contribution < -0.4 is 4.72 Å². The van der Waals surface area contributed by atoms with Gasteiger partial charge >= 0.3 is 0 Å². The third-order valence-electron chi connectivity index (χ3n) is 4.42. The molecule has 0 aliphatic rings. The van der Waals surface area contributed by atoms with Crippen molar-refractivity contribution in [1.82, 2.24) is 19.5 Å². The van der Waals surface area contributed by atoms with E-state index in [1.54, 1.807) is 23.9 Å². The average Bonchev–Trinajstić information content (AvgIpc) is 3.05. The quantitative estimate of drug-likeness (QED) is 0.423. The molecule has 1 aromatic heterocycles. The van der Waals surface area contributed by atoms with E-state index in [1.807, 2.05) is 36.6 Å². The van der Waals surface area contributed by atoms with Crippen LogP contribution in [0.25, 0.3) is 10.8 Å². The molecule has 3 rings (SSSR count). The number of hydrogen-bond acceptors (Lipinski definition) is 5. The summed E-state index contributed by atoms with van der Waals surface area (Å²) < 4.78 is 30.0. The largest absolute Gasteiger partial charge is 0.306 e. The van der Waals surface area contributed by atoms with Crippen molar-refractivity contribution in [2.75, 3.05) is 12.8 Å². The first-order valence-electron chi connectivity index (χ1n) is 9.35. The molecule has 3 aromatic rings. The second-order valence-electron chi connectivity index (χ2n) is 7.12. The first-order valence-corrected chi connectivity index (χ1v) is 12.1. The summed E-state index contributed by atoms with van der Waals surface area (Å²) in [6.45, 7) is 5.54. The number of nitrogens with one attached hydrogen (secondary N) is 1. The standard InChI is InChI=1S/C20H26N4O2S2/c1-15(2)14-24-19(22-23-20(24)27-3)9-6-12-21-28(25,26)18-11-10-16-7-4-5-8-17(16)13-18/h4-5,7-8,10-11,13,15,21H,6,9,12,14H2,1-3H3. The van der Waals surface area contributed by atoms with Gasteiger partial charge in [-0.15, -0.1) is 10.2 Å². The van der Waals surface area contributed by atoms with E-state index in [0.717, 1.165) is 28.3 Å². The second-order valence-corrected chi connectivity index (χ2v) is 9.66. The van der Waals surface area contributed by atoms with Crippen molar-refractivity contribution in [1.29, 1.82) is 0 Å². The summed E-state index contributed by atoms with van der Waals surface area (Å²) in [6.07, 6.45) is 3.33. The maximum absolute atomic E-state index is 12.6. The Morgan fingerprint density at radius 3 is 2.57 bits per heavy atom. The molecule has 0 radical (unpaired) electrons. The second kappa shape index (κ2) is 9.07. The number of aromatic nitrogens is 3. The molecule has 0 amide bonds. The fourth-order valence-corrected chi connectivity index (χ4v) is 4.71. The van der Waals surface area contributed by atoms with Crippen molar-refractivity contribution in [2.24, 2.45) is 5.92 Å². The van der Waals surface area contributed by atoms with Crippen LogP contribution in [0.4, 0.5) is 0 Å². The van der Waals surface area contributed by atoms with Crippen LogP contribution in [0, 0.1) is 5.92 Å². The fraction of sp³-hybridized carbons (Fsp3) is 0.400. The predicted octanol–water partition coefficient (Wildman–Crippen LogP) is 3.72. The first-order chi connectivity index (χ1) is 13.4. The Morgan fingerprint density at radius 2 is 1.86 bits per heavy atom. The number of thioether (sulfide) groups is 1. The van der Waals surface area contributed by atoms with Gasteiger partial charge < -0.3 is 4.57 Å². The van der Waals surface area contributed by atoms with Gasteiger partial charge in [-0.25, -0.2) is 13.1 Å². The van der Waals surface area contributed by atoms with E-state index in [0.29, 0.717) is 30.2 Å². The highest BCUT2D eigenvalue weighted by atomic mass is 32.2. The van der Waals surface area contributed by atoms with Crippen LogP contribution in [0.15, 0.2) is 52.5 Å². The lowest BCUT2D eigenvalue weighted by molar-refractivity contribution is 0.477. The predicted molar refractivity (Wildman–Crippen MR) is 114 cm³/mol. The minimum absolute atomic E-state index is 0.291. The van der Waals surface area contributed by atoms with Crippen molar-refractivity contribution in [3.05, 3.63) is 48.3 Å². The molecule has 2 aromatic carbocycles. The third kappa shape index (κ3) is 4.92. The number of benzene rings is 2. The van der Waals surface area contributed by atoms with Crippen LogP contribution in [0.5, 0.6) is 0 Å². The zero-order valence-corrected chi connectivity index (χ0v) is 18.1. The number of nitrogens with zero attached hydrogens (tertiary/aromatic N) is 3. The molecule has 0 fully saturated rings. The molecule has 1 N–H and O–H groups in total. The lowest BCUT2D eigenvalue weighted by Gasteiger charge is -2.12. The van der Waals surface area contributed by atoms with Crippen LogP contribution in [0.3, 0.4) is 0 Å². The summed E-state index contributed by atoms with van der Waals surface area (Å²) in [5.74, 6) is 1.40. The molecule has 0 atom stereocenters. The molecular formula is C20H26N4O2S2. The highest BCUT2D eigenvalue weighted by Gasteiger charge is 2.15. The van der Waals surface area contributed by atoms with Crippen LogP contribution in [0.2, 0.25) is 0 Å². The molecule has 0 bridgehead atoms. The number of aryl methyl sites for hydroxylation is 1. The zero-order chi connectivity index (χ0) is 20.1. The molecular weight excluding hydrogens is 392 g/mol. The minimum atomic E-state index is -3.53. The summed E-state index contributed by atoms with van der Waals surface area (Å²) in [6, 6.07) is 12.9. The molecule has 8 heteroatoms. The van der Waals surface area contributed by atoms with E-state index < -0.39 is 10.0 Å². The molecule has 0 aliphatic heterocycles. The fourth-order valence-electron chi connectivity index (χ4n) is 3.07. The van der Waals surface area contributed by atoms with Gasteiger partial charge in [-0.05, 0) is 41.5 Å². The molecule has 6 nitrogen and oxygen atoms in total. The molecule has 0 unspecified atom stereocenters. The Hall–Kier alpha value is -1.90. The number of sulfonamides is 1. The lowest BCUT2D eigenvalue weighted by Crippen LogP contribution is -2.25. The van der Waals surface area contributed by atoms with E-state index in [-0.39, 0.29) is 0 Å². The van der Waals surface area contributed by atoms with Crippen molar-refractivity contribution < 1.29 is 8.42 Å². The molecule has 1 heterocycles. The van der Waals surface area contributed by atoms with E-state index in [9.17, 15) is 8.42 Å². The molecule has 0 saturated heterocycles. The summed E-state index contributed by atoms with van der Waals surface area (Å²) in [5, 5.41) is 11.4.